The van der Waals surface area contributed by atoms with Crippen molar-refractivity contribution in [2.75, 3.05) is 11.9 Å². The summed E-state index contributed by atoms with van der Waals surface area (Å²) in [6, 6.07) is 5.52. The van der Waals surface area contributed by atoms with Gasteiger partial charge >= 0.3 is 5.97 Å². The van der Waals surface area contributed by atoms with Gasteiger partial charge in [0.15, 0.2) is 6.10 Å². The molecule has 0 radical (unpaired) electrons. The predicted octanol–water partition coefficient (Wildman–Crippen LogP) is 2.35. The van der Waals surface area contributed by atoms with E-state index in [1.165, 1.54) is 0 Å². The van der Waals surface area contributed by atoms with Gasteiger partial charge in [-0.3, -0.25) is 4.79 Å². The van der Waals surface area contributed by atoms with Gasteiger partial charge in [-0.1, -0.05) is 13.0 Å². The van der Waals surface area contributed by atoms with Crippen LogP contribution in [0.4, 0.5) is 5.69 Å². The standard InChI is InChI=1S/C16H21NO5/c1-3-8-21-14-9-10(2)4-5-11(14)17-15(18)12-6-7-13(22-12)16(19)20/h4-5,9,12-13H,3,6-8H2,1-2H3,(H,17,18)(H,19,20)/t12-,13+/m0/s1. The van der Waals surface area contributed by atoms with E-state index in [9.17, 15) is 9.59 Å². The summed E-state index contributed by atoms with van der Waals surface area (Å²) in [6.45, 7) is 4.52. The van der Waals surface area contributed by atoms with E-state index in [-0.39, 0.29) is 5.91 Å². The third kappa shape index (κ3) is 3.98. The Hall–Kier alpha value is -2.08. The number of hydrogen-bond acceptors (Lipinski definition) is 4. The van der Waals surface area contributed by atoms with Gasteiger partial charge in [-0.25, -0.2) is 4.79 Å². The summed E-state index contributed by atoms with van der Waals surface area (Å²) < 4.78 is 10.9. The SMILES string of the molecule is CCCOc1cc(C)ccc1NC(=O)[C@@H]1CC[C@H](C(=O)O)O1. The smallest absolute Gasteiger partial charge is 0.332 e. The highest BCUT2D eigenvalue weighted by Gasteiger charge is 2.34. The van der Waals surface area contributed by atoms with Crippen LogP contribution in [0.3, 0.4) is 0 Å². The molecular formula is C16H21NO5. The Balaban J connectivity index is 2.04. The molecule has 0 bridgehead atoms. The first-order valence-electron chi connectivity index (χ1n) is 7.44. The average molecular weight is 307 g/mol. The second kappa shape index (κ2) is 7.26. The van der Waals surface area contributed by atoms with Crippen molar-refractivity contribution in [3.63, 3.8) is 0 Å². The zero-order valence-electron chi connectivity index (χ0n) is 12.8. The maximum atomic E-state index is 12.2. The summed E-state index contributed by atoms with van der Waals surface area (Å²) in [5.41, 5.74) is 1.61. The number of carbonyl (C=O) groups excluding carboxylic acids is 1. The van der Waals surface area contributed by atoms with Gasteiger partial charge in [-0.2, -0.15) is 0 Å². The van der Waals surface area contributed by atoms with Gasteiger partial charge in [0.25, 0.3) is 5.91 Å². The van der Waals surface area contributed by atoms with E-state index in [2.05, 4.69) is 5.32 Å². The topological polar surface area (TPSA) is 84.9 Å². The van der Waals surface area contributed by atoms with Crippen molar-refractivity contribution >= 4 is 17.6 Å². The molecule has 1 aliphatic rings. The first-order valence-corrected chi connectivity index (χ1v) is 7.44. The van der Waals surface area contributed by atoms with Crippen molar-refractivity contribution in [2.45, 2.75) is 45.3 Å². The molecule has 1 saturated heterocycles. The lowest BCUT2D eigenvalue weighted by atomic mass is 10.1. The molecule has 0 aliphatic carbocycles. The number of carboxylic acid groups (broad SMARTS) is 1. The molecule has 120 valence electrons. The maximum Gasteiger partial charge on any atom is 0.332 e. The Labute approximate surface area is 129 Å². The van der Waals surface area contributed by atoms with E-state index in [0.29, 0.717) is 30.9 Å². The molecule has 0 aromatic heterocycles. The van der Waals surface area contributed by atoms with Crippen LogP contribution in [0.1, 0.15) is 31.7 Å². The highest BCUT2D eigenvalue weighted by atomic mass is 16.5. The van der Waals surface area contributed by atoms with Crippen LogP contribution in [0.2, 0.25) is 0 Å². The molecule has 6 heteroatoms. The zero-order chi connectivity index (χ0) is 16.1. The number of nitrogens with one attached hydrogen (secondary N) is 1. The molecule has 1 aliphatic heterocycles. The van der Waals surface area contributed by atoms with Crippen molar-refractivity contribution in [3.05, 3.63) is 23.8 Å². The quantitative estimate of drug-likeness (QED) is 0.842. The fourth-order valence-electron chi connectivity index (χ4n) is 2.29. The fourth-order valence-corrected chi connectivity index (χ4v) is 2.29. The molecule has 1 fully saturated rings. The molecule has 1 heterocycles. The number of amides is 1. The van der Waals surface area contributed by atoms with Gasteiger partial charge in [0.1, 0.15) is 11.9 Å². The third-order valence-electron chi connectivity index (χ3n) is 3.44. The van der Waals surface area contributed by atoms with Crippen molar-refractivity contribution in [1.29, 1.82) is 0 Å². The van der Waals surface area contributed by atoms with E-state index in [1.807, 2.05) is 26.0 Å². The van der Waals surface area contributed by atoms with Crippen molar-refractivity contribution < 1.29 is 24.2 Å². The average Bonchev–Trinajstić information content (AvgIpc) is 2.97. The van der Waals surface area contributed by atoms with Gasteiger partial charge in [0.2, 0.25) is 0 Å². The molecule has 0 unspecified atom stereocenters. The first kappa shape index (κ1) is 16.3. The fraction of sp³-hybridized carbons (Fsp3) is 0.500. The molecule has 0 spiro atoms. The lowest BCUT2D eigenvalue weighted by Gasteiger charge is -2.15. The Morgan fingerprint density at radius 3 is 2.73 bits per heavy atom. The predicted molar refractivity (Wildman–Crippen MR) is 81.1 cm³/mol. The first-order chi connectivity index (χ1) is 10.5. The number of rotatable bonds is 6. The lowest BCUT2D eigenvalue weighted by molar-refractivity contribution is -0.150. The van der Waals surface area contributed by atoms with E-state index >= 15 is 0 Å². The maximum absolute atomic E-state index is 12.2. The van der Waals surface area contributed by atoms with Gasteiger partial charge in [-0.15, -0.1) is 0 Å². The number of hydrogen-bond donors (Lipinski definition) is 2. The van der Waals surface area contributed by atoms with Crippen LogP contribution < -0.4 is 10.1 Å². The lowest BCUT2D eigenvalue weighted by Crippen LogP contribution is -2.30. The molecule has 2 rings (SSSR count). The molecule has 1 amide bonds. The minimum atomic E-state index is -1.03. The third-order valence-corrected chi connectivity index (χ3v) is 3.44. The van der Waals surface area contributed by atoms with Gasteiger partial charge < -0.3 is 19.9 Å². The molecule has 2 atom stereocenters. The minimum absolute atomic E-state index is 0.339. The summed E-state index contributed by atoms with van der Waals surface area (Å²) in [7, 11) is 0. The van der Waals surface area contributed by atoms with Gasteiger partial charge in [0.05, 0.1) is 12.3 Å². The largest absolute Gasteiger partial charge is 0.491 e. The Morgan fingerprint density at radius 2 is 2.09 bits per heavy atom. The van der Waals surface area contributed by atoms with Gasteiger partial charge in [-0.05, 0) is 43.9 Å². The summed E-state index contributed by atoms with van der Waals surface area (Å²) >= 11 is 0. The van der Waals surface area contributed by atoms with Crippen LogP contribution in [0, 0.1) is 6.92 Å². The number of aliphatic carboxylic acids is 1. The highest BCUT2D eigenvalue weighted by Crippen LogP contribution is 2.28. The van der Waals surface area contributed by atoms with Gasteiger partial charge in [0, 0.05) is 0 Å². The van der Waals surface area contributed by atoms with Crippen molar-refractivity contribution in [3.8, 4) is 5.75 Å². The molecule has 1 aromatic carbocycles. The molecule has 1 aromatic rings. The number of carbonyl (C=O) groups is 2. The normalized spacial score (nSPS) is 20.6. The van der Waals surface area contributed by atoms with Crippen LogP contribution in [0.15, 0.2) is 18.2 Å². The molecule has 6 nitrogen and oxygen atoms in total. The van der Waals surface area contributed by atoms with E-state index in [4.69, 9.17) is 14.6 Å². The number of anilines is 1. The zero-order valence-corrected chi connectivity index (χ0v) is 12.8. The second-order valence-corrected chi connectivity index (χ2v) is 5.37. The van der Waals surface area contributed by atoms with Crippen LogP contribution in [-0.2, 0) is 14.3 Å². The number of benzene rings is 1. The Bertz CT molecular complexity index is 557. The molecule has 2 N–H and O–H groups in total. The Kier molecular flexibility index (Phi) is 5.38. The van der Waals surface area contributed by atoms with Crippen LogP contribution in [0.25, 0.3) is 0 Å². The number of carboxylic acids is 1. The highest BCUT2D eigenvalue weighted by molar-refractivity contribution is 5.96. The summed E-state index contributed by atoms with van der Waals surface area (Å²) in [4.78, 5) is 23.1. The number of aryl methyl sites for hydroxylation is 1. The Morgan fingerprint density at radius 1 is 1.36 bits per heavy atom. The summed E-state index contributed by atoms with van der Waals surface area (Å²) in [5.74, 6) is -0.755. The molecule has 0 saturated carbocycles. The monoisotopic (exact) mass is 307 g/mol. The van der Waals surface area contributed by atoms with Crippen LogP contribution >= 0.6 is 0 Å². The van der Waals surface area contributed by atoms with Crippen molar-refractivity contribution in [1.82, 2.24) is 0 Å². The van der Waals surface area contributed by atoms with E-state index in [0.717, 1.165) is 12.0 Å². The molecule has 22 heavy (non-hydrogen) atoms. The summed E-state index contributed by atoms with van der Waals surface area (Å²) in [6.07, 6.45) is -0.0146. The van der Waals surface area contributed by atoms with Crippen LogP contribution in [-0.4, -0.2) is 35.8 Å². The number of ether oxygens (including phenoxy) is 2. The summed E-state index contributed by atoms with van der Waals surface area (Å²) in [5, 5.41) is 11.7. The minimum Gasteiger partial charge on any atom is -0.491 e. The second-order valence-electron chi connectivity index (χ2n) is 5.37. The van der Waals surface area contributed by atoms with Crippen LogP contribution in [0.5, 0.6) is 5.75 Å². The van der Waals surface area contributed by atoms with E-state index in [1.54, 1.807) is 6.07 Å². The van der Waals surface area contributed by atoms with Crippen molar-refractivity contribution in [2.24, 2.45) is 0 Å². The van der Waals surface area contributed by atoms with E-state index < -0.39 is 18.2 Å². The molecular weight excluding hydrogens is 286 g/mol.